The van der Waals surface area contributed by atoms with Crippen molar-refractivity contribution in [2.24, 2.45) is 11.8 Å². The number of halogens is 2. The van der Waals surface area contributed by atoms with E-state index in [0.29, 0.717) is 23.9 Å². The maximum atomic E-state index is 13.7. The van der Waals surface area contributed by atoms with Crippen molar-refractivity contribution in [3.8, 4) is 0 Å². The van der Waals surface area contributed by atoms with E-state index in [0.717, 1.165) is 29.7 Å². The third kappa shape index (κ3) is 3.78. The van der Waals surface area contributed by atoms with Gasteiger partial charge in [-0.3, -0.25) is 0 Å². The highest BCUT2D eigenvalue weighted by Gasteiger charge is 2.32. The van der Waals surface area contributed by atoms with Crippen LogP contribution in [0.1, 0.15) is 34.1 Å². The Morgan fingerprint density at radius 1 is 1.38 bits per heavy atom. The van der Waals surface area contributed by atoms with Crippen molar-refractivity contribution >= 4 is 21.6 Å². The Morgan fingerprint density at radius 2 is 2.10 bits per heavy atom. The fourth-order valence-corrected chi connectivity index (χ4v) is 3.51. The van der Waals surface area contributed by atoms with Gasteiger partial charge in [-0.05, 0) is 46.0 Å². The van der Waals surface area contributed by atoms with Crippen LogP contribution in [0, 0.1) is 17.7 Å². The van der Waals surface area contributed by atoms with Crippen molar-refractivity contribution in [3.05, 3.63) is 28.5 Å². The first-order valence-electron chi connectivity index (χ1n) is 7.89. The highest BCUT2D eigenvalue weighted by molar-refractivity contribution is 9.10. The number of hydrogen-bond acceptors (Lipinski definition) is 2. The third-order valence-electron chi connectivity index (χ3n) is 4.70. The second-order valence-corrected chi connectivity index (χ2v) is 7.31. The van der Waals surface area contributed by atoms with Gasteiger partial charge >= 0.3 is 0 Å². The van der Waals surface area contributed by atoms with Crippen LogP contribution in [-0.2, 0) is 0 Å². The van der Waals surface area contributed by atoms with Crippen LogP contribution in [0.2, 0.25) is 0 Å². The normalized spacial score (nSPS) is 24.4. The molecule has 2 nitrogen and oxygen atoms in total. The van der Waals surface area contributed by atoms with Crippen LogP contribution in [0.4, 0.5) is 10.1 Å². The zero-order valence-electron chi connectivity index (χ0n) is 13.4. The monoisotopic (exact) mass is 356 g/mol. The van der Waals surface area contributed by atoms with E-state index in [1.165, 1.54) is 6.07 Å². The molecule has 1 aliphatic rings. The number of benzene rings is 1. The SMILES string of the molecule is CCC(C)C1CN(c2cc(F)ccc2Br)C(C(C)C)CN1. The summed E-state index contributed by atoms with van der Waals surface area (Å²) >= 11 is 3.59. The lowest BCUT2D eigenvalue weighted by Crippen LogP contribution is -2.60. The van der Waals surface area contributed by atoms with Crippen LogP contribution in [0.3, 0.4) is 0 Å². The van der Waals surface area contributed by atoms with Gasteiger partial charge in [0.15, 0.2) is 0 Å². The van der Waals surface area contributed by atoms with Gasteiger partial charge in [-0.15, -0.1) is 0 Å². The predicted octanol–water partition coefficient (Wildman–Crippen LogP) is 4.44. The first kappa shape index (κ1) is 16.8. The Labute approximate surface area is 136 Å². The van der Waals surface area contributed by atoms with E-state index < -0.39 is 0 Å². The smallest absolute Gasteiger partial charge is 0.125 e. The van der Waals surface area contributed by atoms with Crippen molar-refractivity contribution in [1.29, 1.82) is 0 Å². The molecule has 118 valence electrons. The number of nitrogens with zero attached hydrogens (tertiary/aromatic N) is 1. The van der Waals surface area contributed by atoms with Gasteiger partial charge in [0.25, 0.3) is 0 Å². The Bertz CT molecular complexity index is 478. The molecular weight excluding hydrogens is 331 g/mol. The van der Waals surface area contributed by atoms with Crippen LogP contribution in [0.25, 0.3) is 0 Å². The molecule has 1 N–H and O–H groups in total. The van der Waals surface area contributed by atoms with Crippen molar-refractivity contribution in [2.75, 3.05) is 18.0 Å². The van der Waals surface area contributed by atoms with Gasteiger partial charge in [-0.25, -0.2) is 4.39 Å². The molecule has 21 heavy (non-hydrogen) atoms. The minimum absolute atomic E-state index is 0.172. The van der Waals surface area contributed by atoms with E-state index in [2.05, 4.69) is 53.8 Å². The summed E-state index contributed by atoms with van der Waals surface area (Å²) in [6.45, 7) is 10.9. The Morgan fingerprint density at radius 3 is 2.71 bits per heavy atom. The first-order valence-corrected chi connectivity index (χ1v) is 8.68. The number of hydrogen-bond donors (Lipinski definition) is 1. The molecule has 2 rings (SSSR count). The minimum atomic E-state index is -0.172. The number of anilines is 1. The van der Waals surface area contributed by atoms with E-state index in [4.69, 9.17) is 0 Å². The lowest BCUT2D eigenvalue weighted by Gasteiger charge is -2.45. The van der Waals surface area contributed by atoms with Gasteiger partial charge in [0.05, 0.1) is 5.69 Å². The maximum Gasteiger partial charge on any atom is 0.125 e. The van der Waals surface area contributed by atoms with E-state index in [9.17, 15) is 4.39 Å². The van der Waals surface area contributed by atoms with Gasteiger partial charge in [0.1, 0.15) is 5.82 Å². The number of rotatable bonds is 4. The first-order chi connectivity index (χ1) is 9.93. The lowest BCUT2D eigenvalue weighted by atomic mass is 9.91. The summed E-state index contributed by atoms with van der Waals surface area (Å²) in [5, 5.41) is 3.68. The molecular formula is C17H26BrFN2. The van der Waals surface area contributed by atoms with Crippen molar-refractivity contribution in [1.82, 2.24) is 5.32 Å². The highest BCUT2D eigenvalue weighted by atomic mass is 79.9. The van der Waals surface area contributed by atoms with Crippen molar-refractivity contribution in [2.45, 2.75) is 46.2 Å². The molecule has 0 saturated carbocycles. The van der Waals surface area contributed by atoms with Gasteiger partial charge in [-0.2, -0.15) is 0 Å². The van der Waals surface area contributed by atoms with E-state index in [1.54, 1.807) is 6.07 Å². The summed E-state index contributed by atoms with van der Waals surface area (Å²) < 4.78 is 14.7. The maximum absolute atomic E-state index is 13.7. The molecule has 1 aliphatic heterocycles. The summed E-state index contributed by atoms with van der Waals surface area (Å²) in [5.74, 6) is 0.966. The molecule has 1 aromatic rings. The largest absolute Gasteiger partial charge is 0.364 e. The topological polar surface area (TPSA) is 15.3 Å². The molecule has 0 aliphatic carbocycles. The fraction of sp³-hybridized carbons (Fsp3) is 0.647. The van der Waals surface area contributed by atoms with Gasteiger partial charge < -0.3 is 10.2 Å². The summed E-state index contributed by atoms with van der Waals surface area (Å²) in [5.41, 5.74) is 0.975. The van der Waals surface area contributed by atoms with Crippen LogP contribution in [0.15, 0.2) is 22.7 Å². The van der Waals surface area contributed by atoms with Gasteiger partial charge in [0.2, 0.25) is 0 Å². The number of piperazine rings is 1. The molecule has 0 bridgehead atoms. The second kappa shape index (κ2) is 7.10. The molecule has 0 spiro atoms. The van der Waals surface area contributed by atoms with Crippen LogP contribution >= 0.6 is 15.9 Å². The molecule has 3 unspecified atom stereocenters. The molecule has 1 heterocycles. The molecule has 1 saturated heterocycles. The zero-order valence-corrected chi connectivity index (χ0v) is 15.0. The molecule has 4 heteroatoms. The molecule has 0 aromatic heterocycles. The zero-order chi connectivity index (χ0) is 15.6. The molecule has 1 aromatic carbocycles. The summed E-state index contributed by atoms with van der Waals surface area (Å²) in [6, 6.07) is 5.82. The van der Waals surface area contributed by atoms with Gasteiger partial charge in [0, 0.05) is 29.6 Å². The standard InChI is InChI=1S/C17H26BrFN2/c1-5-12(4)15-10-21(17(9-20-15)11(2)3)16-8-13(19)6-7-14(16)18/h6-8,11-12,15,17,20H,5,9-10H2,1-4H3. The van der Waals surface area contributed by atoms with E-state index in [-0.39, 0.29) is 5.82 Å². The Kier molecular flexibility index (Phi) is 5.67. The fourth-order valence-electron chi connectivity index (χ4n) is 3.04. The number of nitrogens with one attached hydrogen (secondary N) is 1. The van der Waals surface area contributed by atoms with Crippen molar-refractivity contribution < 1.29 is 4.39 Å². The average molecular weight is 357 g/mol. The summed E-state index contributed by atoms with van der Waals surface area (Å²) in [7, 11) is 0. The van der Waals surface area contributed by atoms with Crippen molar-refractivity contribution in [3.63, 3.8) is 0 Å². The predicted molar refractivity (Wildman–Crippen MR) is 91.3 cm³/mol. The lowest BCUT2D eigenvalue weighted by molar-refractivity contribution is 0.281. The van der Waals surface area contributed by atoms with Gasteiger partial charge in [-0.1, -0.05) is 34.1 Å². The Balaban J connectivity index is 2.31. The minimum Gasteiger partial charge on any atom is -0.364 e. The van der Waals surface area contributed by atoms with Crippen LogP contribution < -0.4 is 10.2 Å². The molecule has 0 amide bonds. The molecule has 3 atom stereocenters. The second-order valence-electron chi connectivity index (χ2n) is 6.46. The third-order valence-corrected chi connectivity index (χ3v) is 5.37. The molecule has 1 fully saturated rings. The van der Waals surface area contributed by atoms with Crippen LogP contribution in [-0.4, -0.2) is 25.2 Å². The van der Waals surface area contributed by atoms with Crippen LogP contribution in [0.5, 0.6) is 0 Å². The van der Waals surface area contributed by atoms with E-state index >= 15 is 0 Å². The Hall–Kier alpha value is -0.610. The summed E-state index contributed by atoms with van der Waals surface area (Å²) in [4.78, 5) is 2.38. The average Bonchev–Trinajstić information content (AvgIpc) is 2.48. The molecule has 0 radical (unpaired) electrons. The van der Waals surface area contributed by atoms with E-state index in [1.807, 2.05) is 6.07 Å². The summed E-state index contributed by atoms with van der Waals surface area (Å²) in [6.07, 6.45) is 1.15. The quantitative estimate of drug-likeness (QED) is 0.857. The highest BCUT2D eigenvalue weighted by Crippen LogP contribution is 2.32.